The highest BCUT2D eigenvalue weighted by atomic mass is 19.4. The molecule has 1 saturated heterocycles. The molecule has 3 aromatic rings. The largest absolute Gasteiger partial charge is 0.489 e. The average molecular weight is 441 g/mol. The molecule has 32 heavy (non-hydrogen) atoms. The molecule has 0 saturated carbocycles. The monoisotopic (exact) mass is 441 g/mol. The quantitative estimate of drug-likeness (QED) is 0.605. The highest BCUT2D eigenvalue weighted by Crippen LogP contribution is 2.35. The Labute approximate surface area is 183 Å². The summed E-state index contributed by atoms with van der Waals surface area (Å²) in [5.41, 5.74) is 1.95. The van der Waals surface area contributed by atoms with E-state index in [-0.39, 0.29) is 25.0 Å². The number of aromatic nitrogens is 1. The molecule has 166 valence electrons. The SMILES string of the molecule is Cc1cc(N2CCC[C@H]2CO)c2ccc(COc3ccc(C#N)c(C(F)(F)F)c3)cc2n1. The number of hydrogen-bond acceptors (Lipinski definition) is 5. The highest BCUT2D eigenvalue weighted by Gasteiger charge is 2.34. The number of aliphatic hydroxyl groups excluding tert-OH is 1. The second kappa shape index (κ2) is 8.67. The maximum atomic E-state index is 13.2. The number of nitrogens with zero attached hydrogens (tertiary/aromatic N) is 3. The van der Waals surface area contributed by atoms with Crippen LogP contribution in [0, 0.1) is 18.3 Å². The molecule has 0 bridgehead atoms. The van der Waals surface area contributed by atoms with E-state index in [4.69, 9.17) is 10.00 Å². The first-order chi connectivity index (χ1) is 15.3. The van der Waals surface area contributed by atoms with Crippen LogP contribution in [-0.2, 0) is 12.8 Å². The van der Waals surface area contributed by atoms with E-state index in [2.05, 4.69) is 9.88 Å². The van der Waals surface area contributed by atoms with E-state index >= 15 is 0 Å². The number of pyridine rings is 1. The van der Waals surface area contributed by atoms with Crippen LogP contribution in [0.25, 0.3) is 10.9 Å². The summed E-state index contributed by atoms with van der Waals surface area (Å²) < 4.78 is 45.1. The minimum absolute atomic E-state index is 0.0390. The third kappa shape index (κ3) is 4.34. The Kier molecular flexibility index (Phi) is 5.94. The van der Waals surface area contributed by atoms with Gasteiger partial charge >= 0.3 is 6.18 Å². The molecule has 0 unspecified atom stereocenters. The Bertz CT molecular complexity index is 1190. The Balaban J connectivity index is 1.60. The number of hydrogen-bond donors (Lipinski definition) is 1. The zero-order valence-corrected chi connectivity index (χ0v) is 17.5. The van der Waals surface area contributed by atoms with Crippen LogP contribution in [-0.4, -0.2) is 29.3 Å². The molecule has 1 aromatic heterocycles. The first-order valence-electron chi connectivity index (χ1n) is 10.3. The van der Waals surface area contributed by atoms with Gasteiger partial charge in [0.15, 0.2) is 0 Å². The molecule has 5 nitrogen and oxygen atoms in total. The summed E-state index contributed by atoms with van der Waals surface area (Å²) in [7, 11) is 0. The predicted molar refractivity (Wildman–Crippen MR) is 114 cm³/mol. The van der Waals surface area contributed by atoms with E-state index in [0.717, 1.165) is 59.4 Å². The maximum absolute atomic E-state index is 13.2. The molecule has 8 heteroatoms. The number of aryl methyl sites for hydroxylation is 1. The molecule has 1 aliphatic rings. The fourth-order valence-electron chi connectivity index (χ4n) is 4.17. The Morgan fingerprint density at radius 1 is 1.22 bits per heavy atom. The number of anilines is 1. The molecular weight excluding hydrogens is 419 g/mol. The molecule has 2 heterocycles. The fourth-order valence-corrected chi connectivity index (χ4v) is 4.17. The van der Waals surface area contributed by atoms with Crippen molar-refractivity contribution in [2.45, 2.75) is 38.6 Å². The zero-order valence-electron chi connectivity index (χ0n) is 17.5. The van der Waals surface area contributed by atoms with Gasteiger partial charge in [-0.05, 0) is 55.7 Å². The number of aliphatic hydroxyl groups is 1. The van der Waals surface area contributed by atoms with E-state index in [0.29, 0.717) is 0 Å². The van der Waals surface area contributed by atoms with Gasteiger partial charge in [0.2, 0.25) is 0 Å². The van der Waals surface area contributed by atoms with Crippen LogP contribution >= 0.6 is 0 Å². The highest BCUT2D eigenvalue weighted by molar-refractivity contribution is 5.92. The van der Waals surface area contributed by atoms with Gasteiger partial charge in [0.1, 0.15) is 12.4 Å². The number of fused-ring (bicyclic) bond motifs is 1. The van der Waals surface area contributed by atoms with E-state index < -0.39 is 17.3 Å². The topological polar surface area (TPSA) is 69.4 Å². The van der Waals surface area contributed by atoms with Gasteiger partial charge in [-0.2, -0.15) is 18.4 Å². The van der Waals surface area contributed by atoms with Gasteiger partial charge in [0.05, 0.1) is 35.4 Å². The number of rotatable bonds is 5. The molecule has 0 aliphatic carbocycles. The van der Waals surface area contributed by atoms with E-state index in [1.807, 2.05) is 31.2 Å². The zero-order chi connectivity index (χ0) is 22.9. The lowest BCUT2D eigenvalue weighted by Crippen LogP contribution is -2.32. The molecule has 0 radical (unpaired) electrons. The van der Waals surface area contributed by atoms with Gasteiger partial charge in [0.25, 0.3) is 0 Å². The van der Waals surface area contributed by atoms with Crippen molar-refractivity contribution >= 4 is 16.6 Å². The summed E-state index contributed by atoms with van der Waals surface area (Å²) in [5.74, 6) is 0.0390. The van der Waals surface area contributed by atoms with Crippen molar-refractivity contribution in [2.24, 2.45) is 0 Å². The number of ether oxygens (including phenoxy) is 1. The summed E-state index contributed by atoms with van der Waals surface area (Å²) in [6.45, 7) is 2.94. The van der Waals surface area contributed by atoms with Gasteiger partial charge in [-0.25, -0.2) is 0 Å². The van der Waals surface area contributed by atoms with Gasteiger partial charge in [-0.1, -0.05) is 12.1 Å². The van der Waals surface area contributed by atoms with Gasteiger partial charge in [0, 0.05) is 23.3 Å². The second-order valence-electron chi connectivity index (χ2n) is 7.91. The summed E-state index contributed by atoms with van der Waals surface area (Å²) >= 11 is 0. The first kappa shape index (κ1) is 21.9. The maximum Gasteiger partial charge on any atom is 0.417 e. The van der Waals surface area contributed by atoms with E-state index in [1.54, 1.807) is 6.07 Å². The van der Waals surface area contributed by atoms with E-state index in [9.17, 15) is 18.3 Å². The van der Waals surface area contributed by atoms with Gasteiger partial charge < -0.3 is 14.7 Å². The molecule has 4 rings (SSSR count). The third-order valence-corrected chi connectivity index (χ3v) is 5.70. The van der Waals surface area contributed by atoms with Crippen LogP contribution in [0.3, 0.4) is 0 Å². The minimum Gasteiger partial charge on any atom is -0.489 e. The Morgan fingerprint density at radius 3 is 2.75 bits per heavy atom. The van der Waals surface area contributed by atoms with Crippen LogP contribution in [0.5, 0.6) is 5.75 Å². The van der Waals surface area contributed by atoms with Crippen molar-refractivity contribution in [1.82, 2.24) is 4.98 Å². The predicted octanol–water partition coefficient (Wildman–Crippen LogP) is 4.97. The van der Waals surface area contributed by atoms with Gasteiger partial charge in [-0.15, -0.1) is 0 Å². The molecule has 0 amide bonds. The third-order valence-electron chi connectivity index (χ3n) is 5.70. The van der Waals surface area contributed by atoms with Crippen LogP contribution < -0.4 is 9.64 Å². The number of benzene rings is 2. The van der Waals surface area contributed by atoms with Crippen molar-refractivity contribution in [3.63, 3.8) is 0 Å². The lowest BCUT2D eigenvalue weighted by molar-refractivity contribution is -0.137. The van der Waals surface area contributed by atoms with Crippen molar-refractivity contribution < 1.29 is 23.0 Å². The number of nitriles is 1. The first-order valence-corrected chi connectivity index (χ1v) is 10.3. The molecule has 0 spiro atoms. The standard InChI is InChI=1S/C24H22F3N3O2/c1-15-9-23(30-8-2-3-18(30)13-31)20-7-4-16(10-22(20)29-15)14-32-19-6-5-17(12-28)21(11-19)24(25,26)27/h4-7,9-11,18,31H,2-3,8,13-14H2,1H3/t18-/m0/s1. The minimum atomic E-state index is -4.63. The Hall–Kier alpha value is -3.31. The average Bonchev–Trinajstić information content (AvgIpc) is 3.24. The van der Waals surface area contributed by atoms with Crippen LogP contribution in [0.2, 0.25) is 0 Å². The summed E-state index contributed by atoms with van der Waals surface area (Å²) in [4.78, 5) is 6.82. The second-order valence-corrected chi connectivity index (χ2v) is 7.91. The molecular formula is C24H22F3N3O2. The van der Waals surface area contributed by atoms with Crippen molar-refractivity contribution in [2.75, 3.05) is 18.1 Å². The van der Waals surface area contributed by atoms with Crippen molar-refractivity contribution in [1.29, 1.82) is 5.26 Å². The molecule has 1 aliphatic heterocycles. The van der Waals surface area contributed by atoms with Crippen LogP contribution in [0.4, 0.5) is 18.9 Å². The number of halogens is 3. The van der Waals surface area contributed by atoms with Crippen LogP contribution in [0.15, 0.2) is 42.5 Å². The summed E-state index contributed by atoms with van der Waals surface area (Å²) in [6, 6.07) is 12.6. The van der Waals surface area contributed by atoms with Crippen molar-refractivity contribution in [3.05, 3.63) is 64.8 Å². The molecule has 2 aromatic carbocycles. The summed E-state index contributed by atoms with van der Waals surface area (Å²) in [5, 5.41) is 19.6. The molecule has 1 N–H and O–H groups in total. The van der Waals surface area contributed by atoms with Gasteiger partial charge in [-0.3, -0.25) is 4.98 Å². The lowest BCUT2D eigenvalue weighted by Gasteiger charge is -2.27. The van der Waals surface area contributed by atoms with E-state index in [1.165, 1.54) is 6.07 Å². The molecule has 1 atom stereocenters. The fraction of sp³-hybridized carbons (Fsp3) is 0.333. The smallest absolute Gasteiger partial charge is 0.417 e. The van der Waals surface area contributed by atoms with Crippen molar-refractivity contribution in [3.8, 4) is 11.8 Å². The Morgan fingerprint density at radius 2 is 2.03 bits per heavy atom. The summed E-state index contributed by atoms with van der Waals surface area (Å²) in [6.07, 6.45) is -2.67. The lowest BCUT2D eigenvalue weighted by atomic mass is 10.1. The number of alkyl halides is 3. The normalized spacial score (nSPS) is 16.4. The van der Waals surface area contributed by atoms with Crippen LogP contribution in [0.1, 0.15) is 35.2 Å². The molecule has 1 fully saturated rings.